The minimum Gasteiger partial charge on any atom is -0.397 e. The highest BCUT2D eigenvalue weighted by molar-refractivity contribution is 7.21. The van der Waals surface area contributed by atoms with Gasteiger partial charge >= 0.3 is 0 Å². The van der Waals surface area contributed by atoms with Gasteiger partial charge in [0.2, 0.25) is 0 Å². The molecular formula is C16H20N2O2S. The molecule has 0 bridgehead atoms. The van der Waals surface area contributed by atoms with Crippen molar-refractivity contribution in [1.82, 2.24) is 4.90 Å². The van der Waals surface area contributed by atoms with Crippen LogP contribution >= 0.6 is 11.3 Å². The number of carbonyl (C=O) groups excluding carboxylic acids is 1. The summed E-state index contributed by atoms with van der Waals surface area (Å²) in [5.74, 6) is 0.360. The molecule has 1 fully saturated rings. The fraction of sp³-hybridized carbons (Fsp3) is 0.438. The van der Waals surface area contributed by atoms with Crippen molar-refractivity contribution in [2.24, 2.45) is 5.92 Å². The second-order valence-electron chi connectivity index (χ2n) is 5.76. The molecular weight excluding hydrogens is 284 g/mol. The lowest BCUT2D eigenvalue weighted by Gasteiger charge is -2.30. The molecule has 2 aromatic rings. The highest BCUT2D eigenvalue weighted by atomic mass is 32.1. The second kappa shape index (κ2) is 5.66. The number of aryl methyl sites for hydroxylation is 1. The molecule has 4 nitrogen and oxygen atoms in total. The number of thiophene rings is 1. The van der Waals surface area contributed by atoms with Gasteiger partial charge in [0, 0.05) is 29.8 Å². The molecule has 1 aromatic carbocycles. The minimum atomic E-state index is 0.0303. The molecule has 0 spiro atoms. The number of nitrogen functional groups attached to an aromatic ring is 1. The largest absolute Gasteiger partial charge is 0.397 e. The van der Waals surface area contributed by atoms with Gasteiger partial charge in [0.15, 0.2) is 0 Å². The number of benzene rings is 1. The predicted octanol–water partition coefficient (Wildman–Crippen LogP) is 2.64. The van der Waals surface area contributed by atoms with Gasteiger partial charge in [-0.1, -0.05) is 12.1 Å². The maximum Gasteiger partial charge on any atom is 0.266 e. The number of amides is 1. The minimum absolute atomic E-state index is 0.0303. The molecule has 0 aliphatic carbocycles. The van der Waals surface area contributed by atoms with Crippen LogP contribution in [0.3, 0.4) is 0 Å². The summed E-state index contributed by atoms with van der Waals surface area (Å²) in [4.78, 5) is 15.2. The van der Waals surface area contributed by atoms with Gasteiger partial charge in [-0.2, -0.15) is 0 Å². The molecule has 1 saturated heterocycles. The van der Waals surface area contributed by atoms with E-state index >= 15 is 0 Å². The van der Waals surface area contributed by atoms with Crippen LogP contribution in [-0.2, 0) is 0 Å². The molecule has 21 heavy (non-hydrogen) atoms. The van der Waals surface area contributed by atoms with E-state index < -0.39 is 0 Å². The molecule has 2 heterocycles. The Bertz CT molecular complexity index is 672. The van der Waals surface area contributed by atoms with E-state index in [1.165, 1.54) is 16.9 Å². The van der Waals surface area contributed by atoms with Gasteiger partial charge in [0.1, 0.15) is 4.88 Å². The molecule has 112 valence electrons. The number of aliphatic hydroxyl groups excluding tert-OH is 1. The third kappa shape index (κ3) is 2.63. The standard InChI is InChI=1S/C16H20N2O2S/c1-10-2-3-12-13(8-10)21-15(14(12)17)16(20)18-6-4-11(9-19)5-7-18/h2-3,8,11,19H,4-7,9,17H2,1H3. The molecule has 3 rings (SSSR count). The quantitative estimate of drug-likeness (QED) is 0.896. The van der Waals surface area contributed by atoms with E-state index in [0.29, 0.717) is 29.6 Å². The van der Waals surface area contributed by atoms with E-state index in [0.717, 1.165) is 22.9 Å². The summed E-state index contributed by atoms with van der Waals surface area (Å²) >= 11 is 1.48. The Hall–Kier alpha value is -1.59. The second-order valence-corrected chi connectivity index (χ2v) is 6.81. The Morgan fingerprint density at radius 1 is 1.43 bits per heavy atom. The first kappa shape index (κ1) is 14.4. The van der Waals surface area contributed by atoms with Crippen molar-refractivity contribution in [2.75, 3.05) is 25.4 Å². The number of aliphatic hydroxyl groups is 1. The fourth-order valence-corrected chi connectivity index (χ4v) is 4.03. The van der Waals surface area contributed by atoms with Crippen LogP contribution in [-0.4, -0.2) is 35.6 Å². The molecule has 3 N–H and O–H groups in total. The molecule has 1 aliphatic rings. The van der Waals surface area contributed by atoms with Crippen LogP contribution in [0.25, 0.3) is 10.1 Å². The number of piperidine rings is 1. The summed E-state index contributed by atoms with van der Waals surface area (Å²) in [5, 5.41) is 10.1. The van der Waals surface area contributed by atoms with E-state index in [9.17, 15) is 9.90 Å². The molecule has 0 radical (unpaired) electrons. The molecule has 5 heteroatoms. The predicted molar refractivity (Wildman–Crippen MR) is 86.7 cm³/mol. The number of nitrogens with two attached hydrogens (primary N) is 1. The Balaban J connectivity index is 1.86. The normalized spacial score (nSPS) is 16.6. The summed E-state index contributed by atoms with van der Waals surface area (Å²) in [6, 6.07) is 6.09. The number of fused-ring (bicyclic) bond motifs is 1. The maximum atomic E-state index is 12.7. The summed E-state index contributed by atoms with van der Waals surface area (Å²) in [5.41, 5.74) is 7.95. The average Bonchev–Trinajstić information content (AvgIpc) is 2.83. The van der Waals surface area contributed by atoms with Crippen LogP contribution in [0.4, 0.5) is 5.69 Å². The maximum absolute atomic E-state index is 12.7. The van der Waals surface area contributed by atoms with Gasteiger partial charge in [0.05, 0.1) is 5.69 Å². The highest BCUT2D eigenvalue weighted by Gasteiger charge is 2.26. The van der Waals surface area contributed by atoms with E-state index in [1.807, 2.05) is 24.0 Å². The van der Waals surface area contributed by atoms with Crippen molar-refractivity contribution in [3.05, 3.63) is 28.6 Å². The van der Waals surface area contributed by atoms with Gasteiger partial charge in [-0.05, 0) is 37.3 Å². The lowest BCUT2D eigenvalue weighted by atomic mass is 9.98. The number of hydrogen-bond donors (Lipinski definition) is 2. The van der Waals surface area contributed by atoms with E-state index in [2.05, 4.69) is 6.07 Å². The number of hydrogen-bond acceptors (Lipinski definition) is 4. The number of carbonyl (C=O) groups is 1. The molecule has 1 aliphatic heterocycles. The van der Waals surface area contributed by atoms with Crippen LogP contribution in [0.1, 0.15) is 28.1 Å². The van der Waals surface area contributed by atoms with Gasteiger partial charge in [-0.15, -0.1) is 11.3 Å². The van der Waals surface area contributed by atoms with E-state index in [4.69, 9.17) is 5.73 Å². The third-order valence-electron chi connectivity index (χ3n) is 4.24. The van der Waals surface area contributed by atoms with Gasteiger partial charge in [-0.25, -0.2) is 0 Å². The lowest BCUT2D eigenvalue weighted by Crippen LogP contribution is -2.39. The molecule has 0 atom stereocenters. The summed E-state index contributed by atoms with van der Waals surface area (Å²) in [6.45, 7) is 3.66. The molecule has 0 saturated carbocycles. The number of likely N-dealkylation sites (tertiary alicyclic amines) is 1. The Morgan fingerprint density at radius 3 is 2.81 bits per heavy atom. The lowest BCUT2D eigenvalue weighted by molar-refractivity contribution is 0.0656. The Labute approximate surface area is 128 Å². The number of rotatable bonds is 2. The Morgan fingerprint density at radius 2 is 2.14 bits per heavy atom. The number of nitrogens with zero attached hydrogens (tertiary/aromatic N) is 1. The van der Waals surface area contributed by atoms with Crippen LogP contribution in [0.2, 0.25) is 0 Å². The topological polar surface area (TPSA) is 66.6 Å². The zero-order valence-electron chi connectivity index (χ0n) is 12.1. The first-order chi connectivity index (χ1) is 10.1. The van der Waals surface area contributed by atoms with Crippen LogP contribution < -0.4 is 5.73 Å². The summed E-state index contributed by atoms with van der Waals surface area (Å²) in [6.07, 6.45) is 1.73. The van der Waals surface area contributed by atoms with Crippen LogP contribution in [0, 0.1) is 12.8 Å². The van der Waals surface area contributed by atoms with Crippen molar-refractivity contribution in [3.63, 3.8) is 0 Å². The fourth-order valence-electron chi connectivity index (χ4n) is 2.84. The van der Waals surface area contributed by atoms with Crippen LogP contribution in [0.15, 0.2) is 18.2 Å². The van der Waals surface area contributed by atoms with Crippen molar-refractivity contribution in [3.8, 4) is 0 Å². The van der Waals surface area contributed by atoms with Crippen molar-refractivity contribution >= 4 is 33.0 Å². The zero-order chi connectivity index (χ0) is 15.0. The van der Waals surface area contributed by atoms with E-state index in [-0.39, 0.29) is 12.5 Å². The summed E-state index contributed by atoms with van der Waals surface area (Å²) < 4.78 is 1.07. The van der Waals surface area contributed by atoms with Crippen LogP contribution in [0.5, 0.6) is 0 Å². The van der Waals surface area contributed by atoms with Gasteiger partial charge in [-0.3, -0.25) is 4.79 Å². The van der Waals surface area contributed by atoms with E-state index in [1.54, 1.807) is 0 Å². The smallest absolute Gasteiger partial charge is 0.266 e. The first-order valence-corrected chi connectivity index (χ1v) is 8.10. The molecule has 1 amide bonds. The van der Waals surface area contributed by atoms with Crippen molar-refractivity contribution in [1.29, 1.82) is 0 Å². The first-order valence-electron chi connectivity index (χ1n) is 7.29. The number of anilines is 1. The highest BCUT2D eigenvalue weighted by Crippen LogP contribution is 2.35. The van der Waals surface area contributed by atoms with Crippen molar-refractivity contribution < 1.29 is 9.90 Å². The van der Waals surface area contributed by atoms with Crippen molar-refractivity contribution in [2.45, 2.75) is 19.8 Å². The zero-order valence-corrected chi connectivity index (χ0v) is 12.9. The average molecular weight is 304 g/mol. The van der Waals surface area contributed by atoms with Gasteiger partial charge in [0.25, 0.3) is 5.91 Å². The Kier molecular flexibility index (Phi) is 3.87. The molecule has 1 aromatic heterocycles. The molecule has 0 unspecified atom stereocenters. The third-order valence-corrected chi connectivity index (χ3v) is 5.39. The van der Waals surface area contributed by atoms with Gasteiger partial charge < -0.3 is 15.7 Å². The summed E-state index contributed by atoms with van der Waals surface area (Å²) in [7, 11) is 0. The SMILES string of the molecule is Cc1ccc2c(N)c(C(=O)N3CCC(CO)CC3)sc2c1. The monoisotopic (exact) mass is 304 g/mol.